The Morgan fingerprint density at radius 2 is 1.80 bits per heavy atom. The van der Waals surface area contributed by atoms with E-state index in [1.165, 1.54) is 51.4 Å². The van der Waals surface area contributed by atoms with Gasteiger partial charge in [0, 0.05) is 12.5 Å². The lowest BCUT2D eigenvalue weighted by Crippen LogP contribution is -2.43. The van der Waals surface area contributed by atoms with Gasteiger partial charge in [-0.05, 0) is 56.4 Å². The Hall–Kier alpha value is -0.570. The first-order valence-corrected chi connectivity index (χ1v) is 8.67. The molecule has 0 aromatic rings. The predicted octanol–water partition coefficient (Wildman–Crippen LogP) is 3.37. The van der Waals surface area contributed by atoms with Crippen LogP contribution in [0.3, 0.4) is 0 Å². The van der Waals surface area contributed by atoms with E-state index in [0.717, 1.165) is 18.8 Å². The van der Waals surface area contributed by atoms with Crippen LogP contribution in [0, 0.1) is 11.3 Å². The SMILES string of the molecule is CCC1CCC(NC(=O)CC2(CN)CCCCC2)CC1. The average Bonchev–Trinajstić information content (AvgIpc) is 2.49. The number of amides is 1. The number of hydrogen-bond acceptors (Lipinski definition) is 2. The average molecular weight is 280 g/mol. The molecule has 3 N–H and O–H groups in total. The molecule has 0 aliphatic heterocycles. The van der Waals surface area contributed by atoms with Crippen molar-refractivity contribution in [1.82, 2.24) is 5.32 Å². The highest BCUT2D eigenvalue weighted by Gasteiger charge is 2.33. The van der Waals surface area contributed by atoms with Crippen LogP contribution >= 0.6 is 0 Å². The zero-order valence-corrected chi connectivity index (χ0v) is 13.1. The highest BCUT2D eigenvalue weighted by molar-refractivity contribution is 5.77. The predicted molar refractivity (Wildman–Crippen MR) is 83.4 cm³/mol. The molecule has 116 valence electrons. The third-order valence-corrected chi connectivity index (χ3v) is 5.67. The summed E-state index contributed by atoms with van der Waals surface area (Å²) in [4.78, 5) is 12.3. The second-order valence-electron chi connectivity index (χ2n) is 7.13. The van der Waals surface area contributed by atoms with Gasteiger partial charge in [-0.25, -0.2) is 0 Å². The van der Waals surface area contributed by atoms with E-state index in [4.69, 9.17) is 5.73 Å². The van der Waals surface area contributed by atoms with Gasteiger partial charge in [0.25, 0.3) is 0 Å². The number of nitrogens with two attached hydrogens (primary N) is 1. The molecule has 0 atom stereocenters. The molecule has 1 amide bonds. The van der Waals surface area contributed by atoms with Gasteiger partial charge < -0.3 is 11.1 Å². The molecule has 0 bridgehead atoms. The molecule has 0 unspecified atom stereocenters. The van der Waals surface area contributed by atoms with Crippen LogP contribution in [0.5, 0.6) is 0 Å². The molecule has 0 heterocycles. The van der Waals surface area contributed by atoms with Gasteiger partial charge in [0.05, 0.1) is 0 Å². The summed E-state index contributed by atoms with van der Waals surface area (Å²) in [6.07, 6.45) is 12.9. The lowest BCUT2D eigenvalue weighted by Gasteiger charge is -2.36. The first-order valence-electron chi connectivity index (χ1n) is 8.67. The quantitative estimate of drug-likeness (QED) is 0.811. The molecule has 20 heavy (non-hydrogen) atoms. The second kappa shape index (κ2) is 7.44. The summed E-state index contributed by atoms with van der Waals surface area (Å²) in [6.45, 7) is 2.95. The number of hydrogen-bond donors (Lipinski definition) is 2. The second-order valence-corrected chi connectivity index (χ2v) is 7.13. The van der Waals surface area contributed by atoms with Crippen LogP contribution in [0.15, 0.2) is 0 Å². The van der Waals surface area contributed by atoms with Gasteiger partial charge in [0.1, 0.15) is 0 Å². The minimum absolute atomic E-state index is 0.100. The van der Waals surface area contributed by atoms with Gasteiger partial charge in [-0.1, -0.05) is 32.6 Å². The highest BCUT2D eigenvalue weighted by Crippen LogP contribution is 2.38. The van der Waals surface area contributed by atoms with Crippen LogP contribution in [-0.2, 0) is 4.79 Å². The van der Waals surface area contributed by atoms with E-state index < -0.39 is 0 Å². The van der Waals surface area contributed by atoms with Crippen molar-refractivity contribution in [3.63, 3.8) is 0 Å². The Labute approximate surface area is 124 Å². The Kier molecular flexibility index (Phi) is 5.88. The topological polar surface area (TPSA) is 55.1 Å². The fourth-order valence-electron chi connectivity index (χ4n) is 4.09. The molecule has 2 saturated carbocycles. The summed E-state index contributed by atoms with van der Waals surface area (Å²) < 4.78 is 0. The van der Waals surface area contributed by atoms with Gasteiger partial charge in [-0.2, -0.15) is 0 Å². The maximum absolute atomic E-state index is 12.3. The van der Waals surface area contributed by atoms with E-state index in [-0.39, 0.29) is 11.3 Å². The van der Waals surface area contributed by atoms with Crippen molar-refractivity contribution in [2.24, 2.45) is 17.1 Å². The van der Waals surface area contributed by atoms with Crippen LogP contribution in [0.25, 0.3) is 0 Å². The molecule has 0 saturated heterocycles. The van der Waals surface area contributed by atoms with Gasteiger partial charge in [0.2, 0.25) is 5.91 Å². The van der Waals surface area contributed by atoms with Crippen molar-refractivity contribution in [2.75, 3.05) is 6.54 Å². The van der Waals surface area contributed by atoms with Gasteiger partial charge >= 0.3 is 0 Å². The summed E-state index contributed by atoms with van der Waals surface area (Å²) in [6, 6.07) is 0.420. The standard InChI is InChI=1S/C17H32N2O/c1-2-14-6-8-15(9-7-14)19-16(20)12-17(13-18)10-4-3-5-11-17/h14-15H,2-13,18H2,1H3,(H,19,20). The molecule has 3 nitrogen and oxygen atoms in total. The molecule has 2 aliphatic rings. The first kappa shape index (κ1) is 15.8. The number of carbonyl (C=O) groups excluding carboxylic acids is 1. The van der Waals surface area contributed by atoms with Gasteiger partial charge in [-0.3, -0.25) is 4.79 Å². The number of nitrogens with one attached hydrogen (secondary N) is 1. The minimum Gasteiger partial charge on any atom is -0.353 e. The van der Waals surface area contributed by atoms with E-state index in [1.807, 2.05) is 0 Å². The van der Waals surface area contributed by atoms with Crippen molar-refractivity contribution >= 4 is 5.91 Å². The van der Waals surface area contributed by atoms with E-state index >= 15 is 0 Å². The largest absolute Gasteiger partial charge is 0.353 e. The molecule has 0 radical (unpaired) electrons. The van der Waals surface area contributed by atoms with Crippen LogP contribution in [0.2, 0.25) is 0 Å². The van der Waals surface area contributed by atoms with Crippen LogP contribution in [0.4, 0.5) is 0 Å². The molecule has 0 spiro atoms. The lowest BCUT2D eigenvalue weighted by molar-refractivity contribution is -0.124. The first-order chi connectivity index (χ1) is 9.67. The normalized spacial score (nSPS) is 29.9. The van der Waals surface area contributed by atoms with E-state index in [9.17, 15) is 4.79 Å². The Balaban J connectivity index is 1.77. The lowest BCUT2D eigenvalue weighted by atomic mass is 9.71. The maximum atomic E-state index is 12.3. The smallest absolute Gasteiger partial charge is 0.220 e. The summed E-state index contributed by atoms with van der Waals surface area (Å²) in [5, 5.41) is 3.28. The Bertz CT molecular complexity index is 302. The third-order valence-electron chi connectivity index (χ3n) is 5.67. The monoisotopic (exact) mass is 280 g/mol. The number of carbonyl (C=O) groups is 1. The molecule has 0 aromatic heterocycles. The summed E-state index contributed by atoms with van der Waals surface area (Å²) in [5.74, 6) is 1.13. The summed E-state index contributed by atoms with van der Waals surface area (Å²) in [5.41, 5.74) is 6.08. The van der Waals surface area contributed by atoms with E-state index in [1.54, 1.807) is 0 Å². The molecular formula is C17H32N2O. The Morgan fingerprint density at radius 1 is 1.15 bits per heavy atom. The van der Waals surface area contributed by atoms with Gasteiger partial charge in [-0.15, -0.1) is 0 Å². The van der Waals surface area contributed by atoms with Crippen LogP contribution in [-0.4, -0.2) is 18.5 Å². The van der Waals surface area contributed by atoms with Crippen molar-refractivity contribution in [3.8, 4) is 0 Å². The summed E-state index contributed by atoms with van der Waals surface area (Å²) >= 11 is 0. The molecule has 3 heteroatoms. The molecule has 2 fully saturated rings. The Morgan fingerprint density at radius 3 is 2.35 bits per heavy atom. The minimum atomic E-state index is 0.100. The highest BCUT2D eigenvalue weighted by atomic mass is 16.1. The molecular weight excluding hydrogens is 248 g/mol. The van der Waals surface area contributed by atoms with Gasteiger partial charge in [0.15, 0.2) is 0 Å². The van der Waals surface area contributed by atoms with E-state index in [2.05, 4.69) is 12.2 Å². The van der Waals surface area contributed by atoms with Crippen LogP contribution < -0.4 is 11.1 Å². The third kappa shape index (κ3) is 4.21. The van der Waals surface area contributed by atoms with Crippen molar-refractivity contribution in [2.45, 2.75) is 83.6 Å². The maximum Gasteiger partial charge on any atom is 0.220 e. The van der Waals surface area contributed by atoms with Crippen LogP contribution in [0.1, 0.15) is 77.6 Å². The van der Waals surface area contributed by atoms with Crippen molar-refractivity contribution < 1.29 is 4.79 Å². The molecule has 0 aromatic carbocycles. The zero-order valence-electron chi connectivity index (χ0n) is 13.1. The zero-order chi connectivity index (χ0) is 14.4. The van der Waals surface area contributed by atoms with Crippen molar-refractivity contribution in [3.05, 3.63) is 0 Å². The fraction of sp³-hybridized carbons (Fsp3) is 0.941. The summed E-state index contributed by atoms with van der Waals surface area (Å²) in [7, 11) is 0. The van der Waals surface area contributed by atoms with Crippen molar-refractivity contribution in [1.29, 1.82) is 0 Å². The van der Waals surface area contributed by atoms with E-state index in [0.29, 0.717) is 19.0 Å². The molecule has 2 rings (SSSR count). The fourth-order valence-corrected chi connectivity index (χ4v) is 4.09. The molecule has 2 aliphatic carbocycles. The number of rotatable bonds is 5.